The molecule has 2 aliphatic rings. The Morgan fingerprint density at radius 3 is 2.59 bits per heavy atom. The highest BCUT2D eigenvalue weighted by molar-refractivity contribution is 6.31. The van der Waals surface area contributed by atoms with Crippen LogP contribution in [0.4, 0.5) is 0 Å². The second-order valence-electron chi connectivity index (χ2n) is 7.51. The van der Waals surface area contributed by atoms with Crippen molar-refractivity contribution in [2.75, 3.05) is 20.1 Å². The normalized spacial score (nSPS) is 22.6. The molecule has 0 aliphatic carbocycles. The van der Waals surface area contributed by atoms with Gasteiger partial charge in [0, 0.05) is 47.4 Å². The number of phenolic OH excluding ortho intramolecular Hbond substituents is 2. The van der Waals surface area contributed by atoms with Crippen molar-refractivity contribution in [1.82, 2.24) is 10.2 Å². The topological polar surface area (TPSA) is 68.1 Å². The molecule has 1 fully saturated rings. The fraction of sp³-hybridized carbons (Fsp3) is 0.381. The van der Waals surface area contributed by atoms with Crippen LogP contribution < -0.4 is 5.32 Å². The van der Waals surface area contributed by atoms with Crippen molar-refractivity contribution in [3.63, 3.8) is 0 Å². The predicted molar refractivity (Wildman–Crippen MR) is 108 cm³/mol. The Morgan fingerprint density at radius 1 is 1.11 bits per heavy atom. The molecule has 142 valence electrons. The number of nitrogens with one attached hydrogen (secondary N) is 1. The van der Waals surface area contributed by atoms with E-state index in [1.54, 1.807) is 24.3 Å². The number of halogens is 1. The lowest BCUT2D eigenvalue weighted by atomic mass is 9.87. The molecule has 6 heteroatoms. The van der Waals surface area contributed by atoms with Gasteiger partial charge in [0.1, 0.15) is 17.2 Å². The van der Waals surface area contributed by atoms with E-state index in [1.165, 1.54) is 0 Å². The first-order valence-corrected chi connectivity index (χ1v) is 9.65. The van der Waals surface area contributed by atoms with Crippen LogP contribution in [-0.4, -0.2) is 46.6 Å². The third kappa shape index (κ3) is 3.68. The van der Waals surface area contributed by atoms with E-state index in [2.05, 4.69) is 17.3 Å². The molecular weight excluding hydrogens is 362 g/mol. The largest absolute Gasteiger partial charge is 0.508 e. The summed E-state index contributed by atoms with van der Waals surface area (Å²) in [5, 5.41) is 25.1. The summed E-state index contributed by atoms with van der Waals surface area (Å²) in [5.41, 5.74) is 1.95. The van der Waals surface area contributed by atoms with Crippen LogP contribution in [0, 0.1) is 0 Å². The van der Waals surface area contributed by atoms with Crippen LogP contribution in [-0.2, 0) is 0 Å². The molecule has 2 aromatic rings. The van der Waals surface area contributed by atoms with Gasteiger partial charge in [0.25, 0.3) is 0 Å². The summed E-state index contributed by atoms with van der Waals surface area (Å²) in [6, 6.07) is 12.4. The highest BCUT2D eigenvalue weighted by atomic mass is 35.5. The van der Waals surface area contributed by atoms with Gasteiger partial charge in [-0.25, -0.2) is 0 Å². The maximum atomic E-state index is 10.4. The number of rotatable bonds is 2. The van der Waals surface area contributed by atoms with Gasteiger partial charge < -0.3 is 15.1 Å². The molecule has 1 atom stereocenters. The van der Waals surface area contributed by atoms with Gasteiger partial charge in [-0.3, -0.25) is 10.3 Å². The Morgan fingerprint density at radius 2 is 1.85 bits per heavy atom. The minimum Gasteiger partial charge on any atom is -0.508 e. The summed E-state index contributed by atoms with van der Waals surface area (Å²) < 4.78 is 0. The molecule has 3 N–H and O–H groups in total. The highest BCUT2D eigenvalue weighted by Gasteiger charge is 2.40. The maximum Gasteiger partial charge on any atom is 0.124 e. The van der Waals surface area contributed by atoms with Gasteiger partial charge in [0.05, 0.1) is 0 Å². The lowest BCUT2D eigenvalue weighted by Crippen LogP contribution is -2.55. The quantitative estimate of drug-likeness (QED) is 0.737. The fourth-order valence-electron chi connectivity index (χ4n) is 4.03. The first-order valence-electron chi connectivity index (χ1n) is 9.27. The molecule has 0 radical (unpaired) electrons. The molecule has 0 aromatic heterocycles. The standard InChI is InChI=1S/C21H24ClN3O2/c1-25-10-8-21(9-11-25)23-17(15-4-2-3-5-19(15)26)13-18(24-21)16-12-14(22)6-7-20(16)27/h2-7,12,17,23,26-27H,8-11,13H2,1H3/t17-/m1/s1. The monoisotopic (exact) mass is 385 g/mol. The number of hydrogen-bond acceptors (Lipinski definition) is 5. The van der Waals surface area contributed by atoms with Crippen LogP contribution in [0.25, 0.3) is 0 Å². The SMILES string of the molecule is CN1CCC2(CC1)N=C(c1cc(Cl)ccc1O)C[C@H](c1ccccc1O)N2. The van der Waals surface area contributed by atoms with Crippen molar-refractivity contribution in [3.05, 3.63) is 58.6 Å². The Kier molecular flexibility index (Phi) is 4.84. The first-order chi connectivity index (χ1) is 13.0. The Hall–Kier alpha value is -2.08. The molecule has 2 aliphatic heterocycles. The van der Waals surface area contributed by atoms with Gasteiger partial charge in [-0.05, 0) is 44.2 Å². The van der Waals surface area contributed by atoms with Gasteiger partial charge in [-0.1, -0.05) is 29.8 Å². The predicted octanol–water partition coefficient (Wildman–Crippen LogP) is 3.70. The van der Waals surface area contributed by atoms with Crippen LogP contribution in [0.5, 0.6) is 11.5 Å². The van der Waals surface area contributed by atoms with E-state index in [0.717, 1.165) is 37.2 Å². The average molecular weight is 386 g/mol. The zero-order valence-corrected chi connectivity index (χ0v) is 16.1. The van der Waals surface area contributed by atoms with Gasteiger partial charge in [-0.15, -0.1) is 0 Å². The molecular formula is C21H24ClN3O2. The molecule has 2 aromatic carbocycles. The Labute approximate surface area is 164 Å². The minimum absolute atomic E-state index is 0.0829. The van der Waals surface area contributed by atoms with Crippen molar-refractivity contribution >= 4 is 17.3 Å². The molecule has 2 heterocycles. The van der Waals surface area contributed by atoms with Crippen molar-refractivity contribution in [1.29, 1.82) is 0 Å². The van der Waals surface area contributed by atoms with Gasteiger partial charge >= 0.3 is 0 Å². The number of hydrogen-bond donors (Lipinski definition) is 3. The summed E-state index contributed by atoms with van der Waals surface area (Å²) in [6.07, 6.45) is 2.32. The van der Waals surface area contributed by atoms with E-state index in [9.17, 15) is 10.2 Å². The lowest BCUT2D eigenvalue weighted by Gasteiger charge is -2.44. The maximum absolute atomic E-state index is 10.4. The van der Waals surface area contributed by atoms with Gasteiger partial charge in [0.15, 0.2) is 0 Å². The third-order valence-electron chi connectivity index (χ3n) is 5.59. The van der Waals surface area contributed by atoms with E-state index in [0.29, 0.717) is 17.0 Å². The number of aliphatic imine (C=N–C) groups is 1. The molecule has 4 rings (SSSR count). The summed E-state index contributed by atoms with van der Waals surface area (Å²) in [4.78, 5) is 7.36. The van der Waals surface area contributed by atoms with Crippen LogP contribution in [0.1, 0.15) is 36.4 Å². The van der Waals surface area contributed by atoms with Gasteiger partial charge in [0.2, 0.25) is 0 Å². The van der Waals surface area contributed by atoms with Crippen LogP contribution >= 0.6 is 11.6 Å². The molecule has 27 heavy (non-hydrogen) atoms. The van der Waals surface area contributed by atoms with E-state index >= 15 is 0 Å². The molecule has 5 nitrogen and oxygen atoms in total. The first kappa shape index (κ1) is 18.3. The second kappa shape index (κ2) is 7.15. The van der Waals surface area contributed by atoms with Crippen molar-refractivity contribution in [3.8, 4) is 11.5 Å². The number of benzene rings is 2. The molecule has 0 unspecified atom stereocenters. The highest BCUT2D eigenvalue weighted by Crippen LogP contribution is 2.38. The number of aromatic hydroxyl groups is 2. The summed E-state index contributed by atoms with van der Waals surface area (Å²) >= 11 is 6.18. The lowest BCUT2D eigenvalue weighted by molar-refractivity contribution is 0.144. The van der Waals surface area contributed by atoms with E-state index in [1.807, 2.05) is 18.2 Å². The van der Waals surface area contributed by atoms with Crippen LogP contribution in [0.2, 0.25) is 5.02 Å². The summed E-state index contributed by atoms with van der Waals surface area (Å²) in [6.45, 7) is 1.89. The zero-order chi connectivity index (χ0) is 19.0. The Bertz CT molecular complexity index is 875. The van der Waals surface area contributed by atoms with Crippen molar-refractivity contribution in [2.24, 2.45) is 4.99 Å². The smallest absolute Gasteiger partial charge is 0.124 e. The Balaban J connectivity index is 1.78. The molecule has 0 amide bonds. The molecule has 0 bridgehead atoms. The van der Waals surface area contributed by atoms with Crippen molar-refractivity contribution < 1.29 is 10.2 Å². The minimum atomic E-state index is -0.401. The second-order valence-corrected chi connectivity index (χ2v) is 7.95. The van der Waals surface area contributed by atoms with E-state index < -0.39 is 5.66 Å². The zero-order valence-electron chi connectivity index (χ0n) is 15.3. The van der Waals surface area contributed by atoms with Gasteiger partial charge in [-0.2, -0.15) is 0 Å². The third-order valence-corrected chi connectivity index (χ3v) is 5.82. The molecule has 0 saturated carbocycles. The summed E-state index contributed by atoms with van der Waals surface area (Å²) in [5.74, 6) is 0.453. The fourth-order valence-corrected chi connectivity index (χ4v) is 4.20. The molecule has 1 spiro atoms. The number of piperidine rings is 1. The molecule has 1 saturated heterocycles. The van der Waals surface area contributed by atoms with Crippen LogP contribution in [0.3, 0.4) is 0 Å². The van der Waals surface area contributed by atoms with Crippen LogP contribution in [0.15, 0.2) is 47.5 Å². The summed E-state index contributed by atoms with van der Waals surface area (Å²) in [7, 11) is 2.11. The number of nitrogens with zero attached hydrogens (tertiary/aromatic N) is 2. The number of para-hydroxylation sites is 1. The average Bonchev–Trinajstić information content (AvgIpc) is 2.66. The van der Waals surface area contributed by atoms with E-state index in [4.69, 9.17) is 16.6 Å². The number of likely N-dealkylation sites (tertiary alicyclic amines) is 1. The van der Waals surface area contributed by atoms with E-state index in [-0.39, 0.29) is 17.5 Å². The number of phenols is 2. The van der Waals surface area contributed by atoms with Crippen molar-refractivity contribution in [2.45, 2.75) is 31.0 Å².